The van der Waals surface area contributed by atoms with Gasteiger partial charge in [-0.2, -0.15) is 0 Å². The van der Waals surface area contributed by atoms with Crippen molar-refractivity contribution in [3.05, 3.63) is 41.0 Å². The second kappa shape index (κ2) is 8.63. The molecule has 0 aliphatic rings. The summed E-state index contributed by atoms with van der Waals surface area (Å²) in [6.07, 6.45) is 2.96. The van der Waals surface area contributed by atoms with Crippen LogP contribution in [-0.4, -0.2) is 17.4 Å². The minimum absolute atomic E-state index is 0.115. The van der Waals surface area contributed by atoms with Crippen LogP contribution in [-0.2, 0) is 13.0 Å². The molecule has 0 radical (unpaired) electrons. The molecule has 0 heterocycles. The Morgan fingerprint density at radius 2 is 2.00 bits per heavy atom. The molecule has 0 unspecified atom stereocenters. The lowest BCUT2D eigenvalue weighted by Crippen LogP contribution is -2.16. The van der Waals surface area contributed by atoms with Gasteiger partial charge in [0.25, 0.3) is 0 Å². The van der Waals surface area contributed by atoms with Crippen molar-refractivity contribution in [3.8, 4) is 5.75 Å². The van der Waals surface area contributed by atoms with E-state index in [2.05, 4.69) is 18.8 Å². The van der Waals surface area contributed by atoms with E-state index in [9.17, 15) is 9.90 Å². The fourth-order valence-electron chi connectivity index (χ4n) is 2.31. The summed E-state index contributed by atoms with van der Waals surface area (Å²) in [7, 11) is 0. The molecule has 21 heavy (non-hydrogen) atoms. The van der Waals surface area contributed by atoms with Gasteiger partial charge in [0.2, 0.25) is 0 Å². The summed E-state index contributed by atoms with van der Waals surface area (Å²) < 4.78 is 0. The molecule has 0 aliphatic heterocycles. The number of Topliss-reactive ketones (excluding diaryl/α,β-unsaturated/α-hetero) is 1. The van der Waals surface area contributed by atoms with Crippen molar-refractivity contribution in [1.82, 2.24) is 5.32 Å². The molecule has 0 saturated carbocycles. The summed E-state index contributed by atoms with van der Waals surface area (Å²) in [6, 6.07) is 3.67. The van der Waals surface area contributed by atoms with Gasteiger partial charge in [-0.05, 0) is 37.0 Å². The Bertz CT molecular complexity index is 506. The number of benzene rings is 1. The zero-order valence-corrected chi connectivity index (χ0v) is 13.5. The number of rotatable bonds is 9. The first kappa shape index (κ1) is 17.4. The predicted molar refractivity (Wildman–Crippen MR) is 87.9 cm³/mol. The number of nitrogens with one attached hydrogen (secondary N) is 1. The van der Waals surface area contributed by atoms with E-state index in [0.717, 1.165) is 36.1 Å². The SMILES string of the molecule is C=C(CC)CNCc1cc(O)c(CC)c(C(=O)CCC)c1. The van der Waals surface area contributed by atoms with Gasteiger partial charge in [-0.3, -0.25) is 4.79 Å². The summed E-state index contributed by atoms with van der Waals surface area (Å²) in [5.41, 5.74) is 3.51. The van der Waals surface area contributed by atoms with Crippen molar-refractivity contribution >= 4 is 5.78 Å². The molecule has 0 saturated heterocycles. The van der Waals surface area contributed by atoms with Gasteiger partial charge >= 0.3 is 0 Å². The maximum Gasteiger partial charge on any atom is 0.163 e. The number of hydrogen-bond acceptors (Lipinski definition) is 3. The van der Waals surface area contributed by atoms with Crippen molar-refractivity contribution in [2.45, 2.75) is 53.0 Å². The first-order valence-electron chi connectivity index (χ1n) is 7.78. The fraction of sp³-hybridized carbons (Fsp3) is 0.500. The van der Waals surface area contributed by atoms with Crippen molar-refractivity contribution in [2.75, 3.05) is 6.54 Å². The van der Waals surface area contributed by atoms with E-state index in [4.69, 9.17) is 0 Å². The van der Waals surface area contributed by atoms with E-state index >= 15 is 0 Å². The van der Waals surface area contributed by atoms with E-state index < -0.39 is 0 Å². The van der Waals surface area contributed by atoms with Gasteiger partial charge < -0.3 is 10.4 Å². The average Bonchev–Trinajstić information content (AvgIpc) is 2.46. The highest BCUT2D eigenvalue weighted by molar-refractivity contribution is 5.98. The fourth-order valence-corrected chi connectivity index (χ4v) is 2.31. The minimum Gasteiger partial charge on any atom is -0.508 e. The number of ketones is 1. The molecule has 2 N–H and O–H groups in total. The molecule has 0 spiro atoms. The van der Waals surface area contributed by atoms with E-state index in [1.54, 1.807) is 6.07 Å². The molecule has 1 aromatic rings. The number of aromatic hydroxyl groups is 1. The van der Waals surface area contributed by atoms with Gasteiger partial charge in [-0.1, -0.05) is 32.9 Å². The standard InChI is InChI=1S/C18H27NO2/c1-5-8-17(20)16-9-14(10-18(21)15(16)7-3)12-19-11-13(4)6-2/h9-10,19,21H,4-8,11-12H2,1-3H3. The van der Waals surface area contributed by atoms with Crippen LogP contribution >= 0.6 is 0 Å². The van der Waals surface area contributed by atoms with E-state index in [0.29, 0.717) is 24.9 Å². The van der Waals surface area contributed by atoms with Gasteiger partial charge in [0.1, 0.15) is 5.75 Å². The third kappa shape index (κ3) is 5.01. The maximum atomic E-state index is 12.2. The van der Waals surface area contributed by atoms with Gasteiger partial charge in [0, 0.05) is 30.6 Å². The number of phenolic OH excluding ortho intramolecular Hbond substituents is 1. The topological polar surface area (TPSA) is 49.3 Å². The quantitative estimate of drug-likeness (QED) is 0.534. The third-order valence-electron chi connectivity index (χ3n) is 3.62. The molecule has 0 aliphatic carbocycles. The van der Waals surface area contributed by atoms with Gasteiger partial charge in [0.05, 0.1) is 0 Å². The van der Waals surface area contributed by atoms with Gasteiger partial charge in [-0.25, -0.2) is 0 Å². The number of phenols is 1. The molecule has 1 aromatic carbocycles. The molecule has 116 valence electrons. The number of hydrogen-bond donors (Lipinski definition) is 2. The van der Waals surface area contributed by atoms with Crippen LogP contribution < -0.4 is 5.32 Å². The van der Waals surface area contributed by atoms with Crippen LogP contribution in [0.5, 0.6) is 5.75 Å². The smallest absolute Gasteiger partial charge is 0.163 e. The molecule has 0 bridgehead atoms. The Balaban J connectivity index is 2.91. The second-order valence-corrected chi connectivity index (χ2v) is 5.37. The molecule has 0 amide bonds. The van der Waals surface area contributed by atoms with Crippen molar-refractivity contribution in [3.63, 3.8) is 0 Å². The highest BCUT2D eigenvalue weighted by atomic mass is 16.3. The van der Waals surface area contributed by atoms with Crippen molar-refractivity contribution < 1.29 is 9.90 Å². The lowest BCUT2D eigenvalue weighted by atomic mass is 9.95. The lowest BCUT2D eigenvalue weighted by Gasteiger charge is -2.13. The largest absolute Gasteiger partial charge is 0.508 e. The molecule has 3 nitrogen and oxygen atoms in total. The van der Waals surface area contributed by atoms with Crippen molar-refractivity contribution in [1.29, 1.82) is 0 Å². The van der Waals surface area contributed by atoms with E-state index in [1.807, 2.05) is 19.9 Å². The predicted octanol–water partition coefficient (Wildman–Crippen LogP) is 3.99. The van der Waals surface area contributed by atoms with Crippen LogP contribution in [0.4, 0.5) is 0 Å². The minimum atomic E-state index is 0.115. The van der Waals surface area contributed by atoms with E-state index in [1.165, 1.54) is 0 Å². The highest BCUT2D eigenvalue weighted by Crippen LogP contribution is 2.26. The summed E-state index contributed by atoms with van der Waals surface area (Å²) in [5.74, 6) is 0.343. The molecule has 1 rings (SSSR count). The highest BCUT2D eigenvalue weighted by Gasteiger charge is 2.14. The molecule has 0 fully saturated rings. The Kier molecular flexibility index (Phi) is 7.17. The zero-order valence-electron chi connectivity index (χ0n) is 13.5. The third-order valence-corrected chi connectivity index (χ3v) is 3.62. The molecular weight excluding hydrogens is 262 g/mol. The normalized spacial score (nSPS) is 10.6. The monoisotopic (exact) mass is 289 g/mol. The van der Waals surface area contributed by atoms with Gasteiger partial charge in [0.15, 0.2) is 5.78 Å². The summed E-state index contributed by atoms with van der Waals surface area (Å²) in [6.45, 7) is 11.4. The maximum absolute atomic E-state index is 12.2. The summed E-state index contributed by atoms with van der Waals surface area (Å²) in [5, 5.41) is 13.4. The van der Waals surface area contributed by atoms with Crippen LogP contribution in [0.25, 0.3) is 0 Å². The molecule has 0 aromatic heterocycles. The first-order chi connectivity index (χ1) is 10.0. The Morgan fingerprint density at radius 1 is 1.29 bits per heavy atom. The zero-order chi connectivity index (χ0) is 15.8. The number of carbonyl (C=O) groups is 1. The molecular formula is C18H27NO2. The molecule has 0 atom stereocenters. The number of carbonyl (C=O) groups excluding carboxylic acids is 1. The summed E-state index contributed by atoms with van der Waals surface area (Å²) >= 11 is 0. The van der Waals surface area contributed by atoms with Crippen LogP contribution in [0.3, 0.4) is 0 Å². The Hall–Kier alpha value is -1.61. The van der Waals surface area contributed by atoms with E-state index in [-0.39, 0.29) is 11.5 Å². The van der Waals surface area contributed by atoms with Crippen molar-refractivity contribution in [2.24, 2.45) is 0 Å². The first-order valence-corrected chi connectivity index (χ1v) is 7.78. The summed E-state index contributed by atoms with van der Waals surface area (Å²) in [4.78, 5) is 12.2. The van der Waals surface area contributed by atoms with Crippen LogP contribution in [0.2, 0.25) is 0 Å². The Labute approximate surface area is 128 Å². The van der Waals surface area contributed by atoms with Gasteiger partial charge in [-0.15, -0.1) is 0 Å². The Morgan fingerprint density at radius 3 is 2.57 bits per heavy atom. The second-order valence-electron chi connectivity index (χ2n) is 5.37. The van der Waals surface area contributed by atoms with Crippen LogP contribution in [0.1, 0.15) is 61.5 Å². The average molecular weight is 289 g/mol. The molecule has 3 heteroatoms. The van der Waals surface area contributed by atoms with Crippen LogP contribution in [0, 0.1) is 0 Å². The lowest BCUT2D eigenvalue weighted by molar-refractivity contribution is 0.0980. The van der Waals surface area contributed by atoms with Crippen LogP contribution in [0.15, 0.2) is 24.3 Å².